The molecule has 0 atom stereocenters. The number of benzene rings is 2. The SMILES string of the molecule is Cc1cc(-c2n[nH]c(=O)c3ccccc23)c(C)cc1Br. The Morgan fingerprint density at radius 1 is 1.05 bits per heavy atom. The van der Waals surface area contributed by atoms with E-state index in [9.17, 15) is 4.79 Å². The minimum atomic E-state index is -0.157. The molecule has 1 aromatic heterocycles. The van der Waals surface area contributed by atoms with Crippen LogP contribution in [0.5, 0.6) is 0 Å². The number of rotatable bonds is 1. The largest absolute Gasteiger partial charge is 0.272 e. The molecular weight excluding hydrogens is 316 g/mol. The molecule has 0 aliphatic heterocycles. The first-order valence-electron chi connectivity index (χ1n) is 6.32. The normalized spacial score (nSPS) is 10.9. The van der Waals surface area contributed by atoms with Gasteiger partial charge in [0, 0.05) is 15.4 Å². The second kappa shape index (κ2) is 4.87. The molecule has 3 nitrogen and oxygen atoms in total. The van der Waals surface area contributed by atoms with Crippen LogP contribution in [-0.2, 0) is 0 Å². The Kier molecular flexibility index (Phi) is 3.18. The Hall–Kier alpha value is -1.94. The van der Waals surface area contributed by atoms with E-state index < -0.39 is 0 Å². The highest BCUT2D eigenvalue weighted by molar-refractivity contribution is 9.10. The number of fused-ring (bicyclic) bond motifs is 1. The van der Waals surface area contributed by atoms with Gasteiger partial charge in [0.1, 0.15) is 0 Å². The van der Waals surface area contributed by atoms with E-state index in [1.54, 1.807) is 0 Å². The number of H-pyrrole nitrogens is 1. The van der Waals surface area contributed by atoms with Crippen molar-refractivity contribution in [2.24, 2.45) is 0 Å². The maximum Gasteiger partial charge on any atom is 0.272 e. The van der Waals surface area contributed by atoms with Crippen molar-refractivity contribution in [2.45, 2.75) is 13.8 Å². The van der Waals surface area contributed by atoms with Crippen LogP contribution in [0.15, 0.2) is 45.7 Å². The van der Waals surface area contributed by atoms with Crippen molar-refractivity contribution >= 4 is 26.7 Å². The van der Waals surface area contributed by atoms with Crippen molar-refractivity contribution in [1.29, 1.82) is 0 Å². The van der Waals surface area contributed by atoms with Gasteiger partial charge in [-0.05, 0) is 43.2 Å². The molecule has 1 N–H and O–H groups in total. The second-order valence-electron chi connectivity index (χ2n) is 4.86. The van der Waals surface area contributed by atoms with Gasteiger partial charge in [0.05, 0.1) is 11.1 Å². The molecule has 0 amide bonds. The minimum Gasteiger partial charge on any atom is -0.267 e. The van der Waals surface area contributed by atoms with E-state index in [4.69, 9.17) is 0 Å². The van der Waals surface area contributed by atoms with Crippen molar-refractivity contribution < 1.29 is 0 Å². The standard InChI is InChI=1S/C16H13BrN2O/c1-9-8-14(17)10(2)7-13(9)15-11-5-3-4-6-12(11)16(20)19-18-15/h3-8H,1-2H3,(H,19,20). The van der Waals surface area contributed by atoms with E-state index in [1.165, 1.54) is 0 Å². The molecule has 100 valence electrons. The number of nitrogens with zero attached hydrogens (tertiary/aromatic N) is 1. The third-order valence-corrected chi connectivity index (χ3v) is 4.31. The van der Waals surface area contributed by atoms with Gasteiger partial charge in [0.25, 0.3) is 5.56 Å². The fourth-order valence-electron chi connectivity index (χ4n) is 2.36. The number of aromatic nitrogens is 2. The Morgan fingerprint density at radius 2 is 1.75 bits per heavy atom. The van der Waals surface area contributed by atoms with Crippen LogP contribution in [-0.4, -0.2) is 10.2 Å². The molecule has 3 aromatic rings. The average molecular weight is 329 g/mol. The number of hydrogen-bond acceptors (Lipinski definition) is 2. The third-order valence-electron chi connectivity index (χ3n) is 3.46. The summed E-state index contributed by atoms with van der Waals surface area (Å²) in [4.78, 5) is 11.8. The molecule has 4 heteroatoms. The molecule has 2 aromatic carbocycles. The lowest BCUT2D eigenvalue weighted by Crippen LogP contribution is -2.09. The molecule has 0 saturated carbocycles. The van der Waals surface area contributed by atoms with Gasteiger partial charge in [-0.3, -0.25) is 4.79 Å². The summed E-state index contributed by atoms with van der Waals surface area (Å²) in [5.41, 5.74) is 3.96. The van der Waals surface area contributed by atoms with Crippen molar-refractivity contribution in [3.05, 3.63) is 62.4 Å². The first-order chi connectivity index (χ1) is 9.58. The molecule has 0 saturated heterocycles. The summed E-state index contributed by atoms with van der Waals surface area (Å²) in [6.45, 7) is 4.09. The molecule has 3 rings (SSSR count). The molecular formula is C16H13BrN2O. The fourth-order valence-corrected chi connectivity index (χ4v) is 2.81. The highest BCUT2D eigenvalue weighted by atomic mass is 79.9. The van der Waals surface area contributed by atoms with Crippen molar-refractivity contribution in [3.63, 3.8) is 0 Å². The first-order valence-corrected chi connectivity index (χ1v) is 7.12. The molecule has 0 unspecified atom stereocenters. The van der Waals surface area contributed by atoms with Crippen LogP contribution in [0.3, 0.4) is 0 Å². The van der Waals surface area contributed by atoms with Crippen LogP contribution in [0.1, 0.15) is 11.1 Å². The van der Waals surface area contributed by atoms with Crippen LogP contribution in [0, 0.1) is 13.8 Å². The molecule has 0 aliphatic rings. The van der Waals surface area contributed by atoms with Crippen LogP contribution in [0.25, 0.3) is 22.0 Å². The van der Waals surface area contributed by atoms with Gasteiger partial charge < -0.3 is 0 Å². The topological polar surface area (TPSA) is 45.8 Å². The second-order valence-corrected chi connectivity index (χ2v) is 5.72. The quantitative estimate of drug-likeness (QED) is 0.734. The number of aryl methyl sites for hydroxylation is 2. The summed E-state index contributed by atoms with van der Waals surface area (Å²) in [5.74, 6) is 0. The van der Waals surface area contributed by atoms with Crippen molar-refractivity contribution in [2.75, 3.05) is 0 Å². The number of halogens is 1. The summed E-state index contributed by atoms with van der Waals surface area (Å²) < 4.78 is 1.08. The summed E-state index contributed by atoms with van der Waals surface area (Å²) in [6.07, 6.45) is 0. The van der Waals surface area contributed by atoms with E-state index in [0.29, 0.717) is 5.39 Å². The average Bonchev–Trinajstić information content (AvgIpc) is 2.44. The lowest BCUT2D eigenvalue weighted by molar-refractivity contribution is 1.01. The molecule has 0 radical (unpaired) electrons. The summed E-state index contributed by atoms with van der Waals surface area (Å²) >= 11 is 3.54. The van der Waals surface area contributed by atoms with E-state index in [2.05, 4.69) is 38.3 Å². The predicted octanol–water partition coefficient (Wildman–Crippen LogP) is 3.97. The smallest absolute Gasteiger partial charge is 0.267 e. The Bertz CT molecular complexity index is 868. The maximum atomic E-state index is 11.8. The summed E-state index contributed by atoms with van der Waals surface area (Å²) in [7, 11) is 0. The zero-order valence-corrected chi connectivity index (χ0v) is 12.8. The van der Waals surface area contributed by atoms with Crippen molar-refractivity contribution in [3.8, 4) is 11.3 Å². The van der Waals surface area contributed by atoms with Gasteiger partial charge in [-0.15, -0.1) is 0 Å². The third kappa shape index (κ3) is 2.06. The van der Waals surface area contributed by atoms with Crippen LogP contribution >= 0.6 is 15.9 Å². The number of hydrogen-bond donors (Lipinski definition) is 1. The summed E-state index contributed by atoms with van der Waals surface area (Å²) in [5, 5.41) is 8.38. The van der Waals surface area contributed by atoms with Crippen LogP contribution in [0.4, 0.5) is 0 Å². The van der Waals surface area contributed by atoms with E-state index in [-0.39, 0.29) is 5.56 Å². The first kappa shape index (κ1) is 13.1. The minimum absolute atomic E-state index is 0.157. The highest BCUT2D eigenvalue weighted by Gasteiger charge is 2.11. The van der Waals surface area contributed by atoms with Gasteiger partial charge >= 0.3 is 0 Å². The van der Waals surface area contributed by atoms with Gasteiger partial charge in [0.2, 0.25) is 0 Å². The zero-order valence-electron chi connectivity index (χ0n) is 11.2. The number of nitrogens with one attached hydrogen (secondary N) is 1. The van der Waals surface area contributed by atoms with E-state index in [1.807, 2.05) is 38.1 Å². The van der Waals surface area contributed by atoms with Crippen LogP contribution < -0.4 is 5.56 Å². The fraction of sp³-hybridized carbons (Fsp3) is 0.125. The Balaban J connectivity index is 2.39. The zero-order chi connectivity index (χ0) is 14.3. The molecule has 0 spiro atoms. The van der Waals surface area contributed by atoms with E-state index in [0.717, 1.165) is 32.2 Å². The van der Waals surface area contributed by atoms with Gasteiger partial charge in [-0.2, -0.15) is 5.10 Å². The van der Waals surface area contributed by atoms with Gasteiger partial charge in [-0.1, -0.05) is 34.1 Å². The molecule has 20 heavy (non-hydrogen) atoms. The number of aromatic amines is 1. The lowest BCUT2D eigenvalue weighted by atomic mass is 9.99. The molecule has 1 heterocycles. The molecule has 0 bridgehead atoms. The molecule has 0 fully saturated rings. The Labute approximate surface area is 124 Å². The van der Waals surface area contributed by atoms with Gasteiger partial charge in [-0.25, -0.2) is 5.10 Å². The maximum absolute atomic E-state index is 11.8. The van der Waals surface area contributed by atoms with E-state index >= 15 is 0 Å². The molecule has 0 aliphatic carbocycles. The van der Waals surface area contributed by atoms with Gasteiger partial charge in [0.15, 0.2) is 0 Å². The summed E-state index contributed by atoms with van der Waals surface area (Å²) in [6, 6.07) is 11.7. The lowest BCUT2D eigenvalue weighted by Gasteiger charge is -2.10. The van der Waals surface area contributed by atoms with Crippen LogP contribution in [0.2, 0.25) is 0 Å². The highest BCUT2D eigenvalue weighted by Crippen LogP contribution is 2.30. The van der Waals surface area contributed by atoms with Crippen molar-refractivity contribution in [1.82, 2.24) is 10.2 Å². The Morgan fingerprint density at radius 3 is 2.50 bits per heavy atom. The monoisotopic (exact) mass is 328 g/mol. The predicted molar refractivity (Wildman–Crippen MR) is 85.0 cm³/mol.